The van der Waals surface area contributed by atoms with Gasteiger partial charge in [-0.3, -0.25) is 0 Å². The fraction of sp³-hybridized carbons (Fsp3) is 0.400. The molecule has 1 heterocycles. The van der Waals surface area contributed by atoms with Gasteiger partial charge in [0.25, 0.3) is 0 Å². The molecule has 0 fully saturated rings. The van der Waals surface area contributed by atoms with Crippen LogP contribution in [0.15, 0.2) is 11.6 Å². The van der Waals surface area contributed by atoms with Crippen LogP contribution in [-0.4, -0.2) is 21.8 Å². The highest BCUT2D eigenvalue weighted by Gasteiger charge is 2.06. The van der Waals surface area contributed by atoms with E-state index >= 15 is 0 Å². The number of aromatic nitrogens is 1. The van der Waals surface area contributed by atoms with E-state index in [4.69, 9.17) is 10.2 Å². The lowest BCUT2D eigenvalue weighted by atomic mass is 10.4. The zero-order chi connectivity index (χ0) is 6.69. The van der Waals surface area contributed by atoms with Crippen molar-refractivity contribution in [3.63, 3.8) is 0 Å². The van der Waals surface area contributed by atoms with Crippen LogP contribution in [0.1, 0.15) is 11.1 Å². The van der Waals surface area contributed by atoms with Crippen LogP contribution in [-0.2, 0) is 0 Å². The third-order valence-corrected chi connectivity index (χ3v) is 1.79. The van der Waals surface area contributed by atoms with Crippen molar-refractivity contribution in [1.82, 2.24) is 4.98 Å². The van der Waals surface area contributed by atoms with Gasteiger partial charge in [0, 0.05) is 11.6 Å². The van der Waals surface area contributed by atoms with E-state index in [-0.39, 0.29) is 6.61 Å². The normalized spacial score (nSPS) is 13.6. The lowest BCUT2D eigenvalue weighted by Crippen LogP contribution is -2.00. The molecule has 0 bridgehead atoms. The lowest BCUT2D eigenvalue weighted by Gasteiger charge is -1.99. The molecular weight excluding hydrogens is 138 g/mol. The standard InChI is InChI=1S/C5H7NO2S/c7-3-4(8)5-6-1-2-9-5/h1-2,4,7-8H,3H2/t4-/m1/s1. The van der Waals surface area contributed by atoms with Gasteiger partial charge in [-0.2, -0.15) is 0 Å². The van der Waals surface area contributed by atoms with E-state index in [1.54, 1.807) is 11.6 Å². The summed E-state index contributed by atoms with van der Waals surface area (Å²) >= 11 is 1.33. The van der Waals surface area contributed by atoms with Crippen LogP contribution in [0.4, 0.5) is 0 Å². The zero-order valence-electron chi connectivity index (χ0n) is 4.69. The van der Waals surface area contributed by atoms with E-state index < -0.39 is 6.10 Å². The van der Waals surface area contributed by atoms with Crippen LogP contribution >= 0.6 is 11.3 Å². The molecule has 9 heavy (non-hydrogen) atoms. The van der Waals surface area contributed by atoms with Gasteiger partial charge in [-0.15, -0.1) is 11.3 Å². The number of aliphatic hydroxyl groups is 2. The second-order valence-corrected chi connectivity index (χ2v) is 2.49. The van der Waals surface area contributed by atoms with Crippen LogP contribution in [0.3, 0.4) is 0 Å². The summed E-state index contributed by atoms with van der Waals surface area (Å²) in [6, 6.07) is 0. The van der Waals surface area contributed by atoms with Crippen LogP contribution in [0, 0.1) is 0 Å². The molecule has 1 aromatic heterocycles. The predicted molar refractivity (Wildman–Crippen MR) is 34.2 cm³/mol. The minimum Gasteiger partial charge on any atom is -0.393 e. The SMILES string of the molecule is OC[C@@H](O)c1nccs1. The molecule has 0 aliphatic heterocycles. The molecule has 0 aliphatic rings. The predicted octanol–water partition coefficient (Wildman–Crippen LogP) is 0.169. The van der Waals surface area contributed by atoms with Gasteiger partial charge in [-0.1, -0.05) is 0 Å². The van der Waals surface area contributed by atoms with Crippen LogP contribution < -0.4 is 0 Å². The second-order valence-electron chi connectivity index (χ2n) is 1.57. The van der Waals surface area contributed by atoms with Gasteiger partial charge in [-0.05, 0) is 0 Å². The molecule has 50 valence electrons. The summed E-state index contributed by atoms with van der Waals surface area (Å²) in [5.74, 6) is 0. The quantitative estimate of drug-likeness (QED) is 0.623. The van der Waals surface area contributed by atoms with E-state index in [9.17, 15) is 0 Å². The molecule has 3 nitrogen and oxygen atoms in total. The van der Waals surface area contributed by atoms with Crippen LogP contribution in [0.5, 0.6) is 0 Å². The number of rotatable bonds is 2. The van der Waals surface area contributed by atoms with Crippen molar-refractivity contribution < 1.29 is 10.2 Å². The molecular formula is C5H7NO2S. The van der Waals surface area contributed by atoms with Gasteiger partial charge >= 0.3 is 0 Å². The summed E-state index contributed by atoms with van der Waals surface area (Å²) in [5, 5.41) is 19.7. The summed E-state index contributed by atoms with van der Waals surface area (Å²) in [7, 11) is 0. The minimum atomic E-state index is -0.801. The molecule has 1 rings (SSSR count). The first-order chi connectivity index (χ1) is 4.34. The highest BCUT2D eigenvalue weighted by Crippen LogP contribution is 2.13. The molecule has 0 spiro atoms. The zero-order valence-corrected chi connectivity index (χ0v) is 5.51. The summed E-state index contributed by atoms with van der Waals surface area (Å²) in [6.07, 6.45) is 0.795. The maximum Gasteiger partial charge on any atom is 0.128 e. The van der Waals surface area contributed by atoms with E-state index in [0.29, 0.717) is 5.01 Å². The first kappa shape index (κ1) is 6.67. The van der Waals surface area contributed by atoms with E-state index in [2.05, 4.69) is 4.98 Å². The summed E-state index contributed by atoms with van der Waals surface area (Å²) in [6.45, 7) is -0.256. The maximum absolute atomic E-state index is 8.92. The Morgan fingerprint density at radius 1 is 1.78 bits per heavy atom. The Balaban J connectivity index is 2.65. The molecule has 4 heteroatoms. The topological polar surface area (TPSA) is 53.4 Å². The van der Waals surface area contributed by atoms with Gasteiger partial charge in [0.1, 0.15) is 11.1 Å². The van der Waals surface area contributed by atoms with Gasteiger partial charge in [0.2, 0.25) is 0 Å². The average molecular weight is 145 g/mol. The molecule has 0 saturated heterocycles. The first-order valence-corrected chi connectivity index (χ1v) is 3.41. The molecule has 0 aromatic carbocycles. The first-order valence-electron chi connectivity index (χ1n) is 2.53. The van der Waals surface area contributed by atoms with Crippen molar-refractivity contribution in [2.45, 2.75) is 6.10 Å². The molecule has 1 aromatic rings. The third-order valence-electron chi connectivity index (χ3n) is 0.909. The summed E-state index contributed by atoms with van der Waals surface area (Å²) in [5.41, 5.74) is 0. The van der Waals surface area contributed by atoms with Gasteiger partial charge in [0.05, 0.1) is 6.61 Å². The van der Waals surface area contributed by atoms with E-state index in [1.807, 2.05) is 0 Å². The van der Waals surface area contributed by atoms with Crippen molar-refractivity contribution >= 4 is 11.3 Å². The Morgan fingerprint density at radius 3 is 3.00 bits per heavy atom. The lowest BCUT2D eigenvalue weighted by molar-refractivity contribution is 0.0954. The van der Waals surface area contributed by atoms with E-state index in [0.717, 1.165) is 0 Å². The van der Waals surface area contributed by atoms with Gasteiger partial charge in [0.15, 0.2) is 0 Å². The van der Waals surface area contributed by atoms with Crippen molar-refractivity contribution in [2.24, 2.45) is 0 Å². The Morgan fingerprint density at radius 2 is 2.56 bits per heavy atom. The maximum atomic E-state index is 8.92. The Bertz CT molecular complexity index is 163. The third kappa shape index (κ3) is 1.48. The minimum absolute atomic E-state index is 0.256. The largest absolute Gasteiger partial charge is 0.393 e. The smallest absolute Gasteiger partial charge is 0.128 e. The fourth-order valence-electron chi connectivity index (χ4n) is 0.477. The highest BCUT2D eigenvalue weighted by molar-refractivity contribution is 7.09. The molecule has 1 atom stereocenters. The Kier molecular flexibility index (Phi) is 2.16. The number of thiazole rings is 1. The molecule has 0 aliphatic carbocycles. The highest BCUT2D eigenvalue weighted by atomic mass is 32.1. The Labute approximate surface area is 56.6 Å². The molecule has 0 saturated carbocycles. The summed E-state index contributed by atoms with van der Waals surface area (Å²) in [4.78, 5) is 3.80. The van der Waals surface area contributed by atoms with Crippen molar-refractivity contribution in [2.75, 3.05) is 6.61 Å². The van der Waals surface area contributed by atoms with Gasteiger partial charge in [-0.25, -0.2) is 4.98 Å². The molecule has 0 radical (unpaired) electrons. The number of hydrogen-bond acceptors (Lipinski definition) is 4. The summed E-state index contributed by atoms with van der Waals surface area (Å²) < 4.78 is 0. The number of hydrogen-bond donors (Lipinski definition) is 2. The molecule has 2 N–H and O–H groups in total. The van der Waals surface area contributed by atoms with Crippen molar-refractivity contribution in [3.8, 4) is 0 Å². The van der Waals surface area contributed by atoms with Crippen molar-refractivity contribution in [1.29, 1.82) is 0 Å². The van der Waals surface area contributed by atoms with Gasteiger partial charge < -0.3 is 10.2 Å². The number of nitrogens with zero attached hydrogens (tertiary/aromatic N) is 1. The van der Waals surface area contributed by atoms with Crippen molar-refractivity contribution in [3.05, 3.63) is 16.6 Å². The van der Waals surface area contributed by atoms with Crippen LogP contribution in [0.2, 0.25) is 0 Å². The monoisotopic (exact) mass is 145 g/mol. The Hall–Kier alpha value is -0.450. The van der Waals surface area contributed by atoms with E-state index in [1.165, 1.54) is 11.3 Å². The van der Waals surface area contributed by atoms with Crippen LogP contribution in [0.25, 0.3) is 0 Å². The number of aliphatic hydroxyl groups excluding tert-OH is 2. The molecule has 0 amide bonds. The fourth-order valence-corrected chi connectivity index (χ4v) is 1.09. The average Bonchev–Trinajstić information content (AvgIpc) is 2.37. The molecule has 0 unspecified atom stereocenters. The second kappa shape index (κ2) is 2.91.